The standard InChI is InChI=1S/C25H22N2O3/c1-29-23-12-10-20(16-19(23)9-11-21-7-3-4-14-26-21)25(28)27-15-13-18-6-5-8-24(30-2)22(18)17-27/h3-8,10,12,14,16H,13,15,17H2,1-2H3. The summed E-state index contributed by atoms with van der Waals surface area (Å²) >= 11 is 0. The Hall–Kier alpha value is -3.78. The number of rotatable bonds is 3. The highest BCUT2D eigenvalue weighted by Crippen LogP contribution is 2.29. The Bertz CT molecular complexity index is 1120. The summed E-state index contributed by atoms with van der Waals surface area (Å²) in [6.07, 6.45) is 2.50. The fraction of sp³-hybridized carbons (Fsp3) is 0.200. The molecular formula is C25H22N2O3. The van der Waals surface area contributed by atoms with Crippen molar-refractivity contribution in [3.8, 4) is 23.3 Å². The van der Waals surface area contributed by atoms with Gasteiger partial charge in [-0.1, -0.05) is 24.1 Å². The van der Waals surface area contributed by atoms with E-state index in [1.807, 2.05) is 35.2 Å². The fourth-order valence-corrected chi connectivity index (χ4v) is 3.60. The van der Waals surface area contributed by atoms with Crippen LogP contribution in [0.5, 0.6) is 11.5 Å². The number of amides is 1. The van der Waals surface area contributed by atoms with E-state index in [-0.39, 0.29) is 5.91 Å². The number of carbonyl (C=O) groups is 1. The number of ether oxygens (including phenoxy) is 2. The highest BCUT2D eigenvalue weighted by Gasteiger charge is 2.24. The van der Waals surface area contributed by atoms with Crippen LogP contribution in [-0.2, 0) is 13.0 Å². The minimum Gasteiger partial charge on any atom is -0.496 e. The van der Waals surface area contributed by atoms with E-state index >= 15 is 0 Å². The number of carbonyl (C=O) groups excluding carboxylic acids is 1. The van der Waals surface area contributed by atoms with E-state index in [1.54, 1.807) is 38.6 Å². The van der Waals surface area contributed by atoms with Gasteiger partial charge in [0.25, 0.3) is 5.91 Å². The summed E-state index contributed by atoms with van der Waals surface area (Å²) in [6, 6.07) is 16.9. The third kappa shape index (κ3) is 3.99. The first-order chi connectivity index (χ1) is 14.7. The molecule has 0 fully saturated rings. The summed E-state index contributed by atoms with van der Waals surface area (Å²) in [6.45, 7) is 1.19. The highest BCUT2D eigenvalue weighted by molar-refractivity contribution is 5.95. The molecule has 4 rings (SSSR count). The number of nitrogens with zero attached hydrogens (tertiary/aromatic N) is 2. The van der Waals surface area contributed by atoms with E-state index in [0.29, 0.717) is 35.7 Å². The van der Waals surface area contributed by atoms with Crippen LogP contribution in [0, 0.1) is 11.8 Å². The zero-order chi connectivity index (χ0) is 20.9. The van der Waals surface area contributed by atoms with Crippen LogP contribution >= 0.6 is 0 Å². The monoisotopic (exact) mass is 398 g/mol. The lowest BCUT2D eigenvalue weighted by atomic mass is 9.98. The van der Waals surface area contributed by atoms with E-state index < -0.39 is 0 Å². The highest BCUT2D eigenvalue weighted by atomic mass is 16.5. The van der Waals surface area contributed by atoms with Gasteiger partial charge in [-0.3, -0.25) is 4.79 Å². The number of methoxy groups -OCH3 is 2. The quantitative estimate of drug-likeness (QED) is 0.632. The van der Waals surface area contributed by atoms with Gasteiger partial charge in [0, 0.05) is 30.4 Å². The molecule has 5 nitrogen and oxygen atoms in total. The third-order valence-corrected chi connectivity index (χ3v) is 5.17. The number of fused-ring (bicyclic) bond motifs is 1. The lowest BCUT2D eigenvalue weighted by Crippen LogP contribution is -2.36. The summed E-state index contributed by atoms with van der Waals surface area (Å²) in [7, 11) is 3.25. The van der Waals surface area contributed by atoms with Crippen molar-refractivity contribution in [2.45, 2.75) is 13.0 Å². The van der Waals surface area contributed by atoms with Gasteiger partial charge in [-0.15, -0.1) is 0 Å². The van der Waals surface area contributed by atoms with Crippen LogP contribution in [0.1, 0.15) is 32.7 Å². The Morgan fingerprint density at radius 2 is 1.87 bits per heavy atom. The van der Waals surface area contributed by atoms with Crippen LogP contribution in [0.3, 0.4) is 0 Å². The zero-order valence-electron chi connectivity index (χ0n) is 17.0. The van der Waals surface area contributed by atoms with E-state index in [2.05, 4.69) is 22.9 Å². The second kappa shape index (κ2) is 8.71. The largest absolute Gasteiger partial charge is 0.496 e. The van der Waals surface area contributed by atoms with Crippen molar-refractivity contribution >= 4 is 5.91 Å². The molecule has 30 heavy (non-hydrogen) atoms. The van der Waals surface area contributed by atoms with Crippen molar-refractivity contribution in [3.05, 3.63) is 88.7 Å². The van der Waals surface area contributed by atoms with Crippen LogP contribution in [0.4, 0.5) is 0 Å². The Kier molecular flexibility index (Phi) is 5.67. The lowest BCUT2D eigenvalue weighted by molar-refractivity contribution is 0.0733. The van der Waals surface area contributed by atoms with Crippen molar-refractivity contribution in [2.24, 2.45) is 0 Å². The average molecular weight is 398 g/mol. The van der Waals surface area contributed by atoms with Crippen LogP contribution in [-0.4, -0.2) is 36.6 Å². The summed E-state index contributed by atoms with van der Waals surface area (Å²) in [5.41, 5.74) is 4.21. The third-order valence-electron chi connectivity index (χ3n) is 5.17. The molecule has 0 spiro atoms. The maximum absolute atomic E-state index is 13.2. The van der Waals surface area contributed by atoms with E-state index in [0.717, 1.165) is 17.7 Å². The maximum atomic E-state index is 13.2. The summed E-state index contributed by atoms with van der Waals surface area (Å²) in [5.74, 6) is 7.53. The molecular weight excluding hydrogens is 376 g/mol. The van der Waals surface area contributed by atoms with Crippen LogP contribution in [0.25, 0.3) is 0 Å². The van der Waals surface area contributed by atoms with Crippen LogP contribution in [0.15, 0.2) is 60.8 Å². The summed E-state index contributed by atoms with van der Waals surface area (Å²) in [5, 5.41) is 0. The number of hydrogen-bond acceptors (Lipinski definition) is 4. The van der Waals surface area contributed by atoms with Gasteiger partial charge < -0.3 is 14.4 Å². The SMILES string of the molecule is COc1ccc(C(=O)N2CCc3cccc(OC)c3C2)cc1C#Cc1ccccn1. The average Bonchev–Trinajstić information content (AvgIpc) is 2.82. The molecule has 0 atom stereocenters. The van der Waals surface area contributed by atoms with Crippen molar-refractivity contribution in [2.75, 3.05) is 20.8 Å². The molecule has 0 N–H and O–H groups in total. The molecule has 2 aromatic carbocycles. The predicted molar refractivity (Wildman–Crippen MR) is 115 cm³/mol. The zero-order valence-corrected chi connectivity index (χ0v) is 17.0. The van der Waals surface area contributed by atoms with Gasteiger partial charge in [-0.2, -0.15) is 0 Å². The first kappa shape index (κ1) is 19.5. The predicted octanol–water partition coefficient (Wildman–Crippen LogP) is 3.70. The molecule has 150 valence electrons. The second-order valence-corrected chi connectivity index (χ2v) is 6.95. The lowest BCUT2D eigenvalue weighted by Gasteiger charge is -2.30. The van der Waals surface area contributed by atoms with Crippen molar-refractivity contribution in [1.82, 2.24) is 9.88 Å². The van der Waals surface area contributed by atoms with Crippen molar-refractivity contribution in [3.63, 3.8) is 0 Å². The normalized spacial score (nSPS) is 12.4. The Morgan fingerprint density at radius 3 is 2.63 bits per heavy atom. The Labute approximate surface area is 176 Å². The first-order valence-electron chi connectivity index (χ1n) is 9.74. The summed E-state index contributed by atoms with van der Waals surface area (Å²) in [4.78, 5) is 19.3. The molecule has 0 saturated carbocycles. The maximum Gasteiger partial charge on any atom is 0.254 e. The van der Waals surface area contributed by atoms with Crippen molar-refractivity contribution < 1.29 is 14.3 Å². The molecule has 0 unspecified atom stereocenters. The molecule has 1 aliphatic heterocycles. The molecule has 2 heterocycles. The number of benzene rings is 2. The second-order valence-electron chi connectivity index (χ2n) is 6.95. The first-order valence-corrected chi connectivity index (χ1v) is 9.74. The molecule has 3 aromatic rings. The van der Waals surface area contributed by atoms with Crippen LogP contribution < -0.4 is 9.47 Å². The summed E-state index contributed by atoms with van der Waals surface area (Å²) < 4.78 is 10.9. The topological polar surface area (TPSA) is 51.7 Å². The van der Waals surface area contributed by atoms with Gasteiger partial charge >= 0.3 is 0 Å². The molecule has 1 aromatic heterocycles. The van der Waals surface area contributed by atoms with Gasteiger partial charge in [-0.25, -0.2) is 4.98 Å². The fourth-order valence-electron chi connectivity index (χ4n) is 3.60. The Balaban J connectivity index is 1.61. The van der Waals surface area contributed by atoms with E-state index in [4.69, 9.17) is 9.47 Å². The van der Waals surface area contributed by atoms with Gasteiger partial charge in [0.1, 0.15) is 17.2 Å². The molecule has 1 amide bonds. The van der Waals surface area contributed by atoms with E-state index in [1.165, 1.54) is 5.56 Å². The van der Waals surface area contributed by atoms with Gasteiger partial charge in [-0.05, 0) is 54.3 Å². The minimum atomic E-state index is -0.0323. The molecule has 0 saturated heterocycles. The van der Waals surface area contributed by atoms with Crippen LogP contribution in [0.2, 0.25) is 0 Å². The van der Waals surface area contributed by atoms with Gasteiger partial charge in [0.05, 0.1) is 19.8 Å². The number of hydrogen-bond donors (Lipinski definition) is 0. The molecule has 5 heteroatoms. The van der Waals surface area contributed by atoms with Gasteiger partial charge in [0.2, 0.25) is 0 Å². The van der Waals surface area contributed by atoms with E-state index in [9.17, 15) is 4.79 Å². The minimum absolute atomic E-state index is 0.0323. The molecule has 1 aliphatic rings. The van der Waals surface area contributed by atoms with Gasteiger partial charge in [0.15, 0.2) is 0 Å². The number of pyridine rings is 1. The number of aromatic nitrogens is 1. The molecule has 0 radical (unpaired) electrons. The van der Waals surface area contributed by atoms with Crippen molar-refractivity contribution in [1.29, 1.82) is 0 Å². The molecule has 0 bridgehead atoms. The Morgan fingerprint density at radius 1 is 1.00 bits per heavy atom. The smallest absolute Gasteiger partial charge is 0.254 e. The molecule has 0 aliphatic carbocycles.